The summed E-state index contributed by atoms with van der Waals surface area (Å²) in [4.78, 5) is 38.4. The predicted molar refractivity (Wildman–Crippen MR) is 145 cm³/mol. The van der Waals surface area contributed by atoms with Gasteiger partial charge < -0.3 is 25.3 Å². The molecule has 38 heavy (non-hydrogen) atoms. The van der Waals surface area contributed by atoms with Crippen molar-refractivity contribution in [1.29, 1.82) is 0 Å². The van der Waals surface area contributed by atoms with E-state index in [0.717, 1.165) is 36.0 Å². The fourth-order valence-corrected chi connectivity index (χ4v) is 4.93. The van der Waals surface area contributed by atoms with E-state index in [-0.39, 0.29) is 17.5 Å². The molecule has 5 rings (SSSR count). The van der Waals surface area contributed by atoms with Crippen molar-refractivity contribution in [2.75, 3.05) is 25.0 Å². The van der Waals surface area contributed by atoms with Gasteiger partial charge in [-0.3, -0.25) is 9.78 Å². The Kier molecular flexibility index (Phi) is 6.64. The summed E-state index contributed by atoms with van der Waals surface area (Å²) in [6, 6.07) is 6.90. The summed E-state index contributed by atoms with van der Waals surface area (Å²) in [5.41, 5.74) is 2.94. The number of anilines is 1. The van der Waals surface area contributed by atoms with Crippen LogP contribution in [0.15, 0.2) is 42.9 Å². The molecule has 0 aliphatic carbocycles. The maximum absolute atomic E-state index is 15.4. The molecule has 0 saturated carbocycles. The highest BCUT2D eigenvalue weighted by molar-refractivity contribution is 6.03. The third kappa shape index (κ3) is 5.11. The maximum atomic E-state index is 15.4. The Morgan fingerprint density at radius 2 is 2.00 bits per heavy atom. The van der Waals surface area contributed by atoms with E-state index in [1.54, 1.807) is 25.5 Å². The van der Waals surface area contributed by atoms with Gasteiger partial charge in [0.15, 0.2) is 0 Å². The second-order valence-corrected chi connectivity index (χ2v) is 10.5. The molecule has 1 atom stereocenters. The molecule has 1 fully saturated rings. The number of H-pyrrole nitrogens is 1. The minimum Gasteiger partial charge on any atom is -0.444 e. The first kappa shape index (κ1) is 25.4. The van der Waals surface area contributed by atoms with Crippen LogP contribution in [0.1, 0.15) is 44.0 Å². The third-order valence-corrected chi connectivity index (χ3v) is 6.59. The number of carbonyl (C=O) groups excluding carboxylic acids is 2. The lowest BCUT2D eigenvalue weighted by Gasteiger charge is -2.35. The molecule has 0 unspecified atom stereocenters. The van der Waals surface area contributed by atoms with Gasteiger partial charge in [-0.25, -0.2) is 14.2 Å². The molecule has 4 aromatic rings. The Hall–Kier alpha value is -4.21. The van der Waals surface area contributed by atoms with Crippen molar-refractivity contribution in [3.8, 4) is 11.1 Å². The van der Waals surface area contributed by atoms with Gasteiger partial charge in [-0.2, -0.15) is 0 Å². The molecule has 1 saturated heterocycles. The number of benzene rings is 1. The van der Waals surface area contributed by atoms with Crippen molar-refractivity contribution in [2.45, 2.75) is 45.3 Å². The molecule has 3 aromatic heterocycles. The Balaban J connectivity index is 1.50. The molecule has 3 N–H and O–H groups in total. The summed E-state index contributed by atoms with van der Waals surface area (Å²) in [6.45, 7) is 6.83. The fourth-order valence-electron chi connectivity index (χ4n) is 4.93. The number of alkyl carbamates (subject to hydrolysis) is 1. The van der Waals surface area contributed by atoms with Gasteiger partial charge in [0.25, 0.3) is 5.91 Å². The number of aromatic amines is 1. The summed E-state index contributed by atoms with van der Waals surface area (Å²) in [5.74, 6) is -0.688. The number of fused-ring (bicyclic) bond motifs is 2. The van der Waals surface area contributed by atoms with Crippen LogP contribution in [0.4, 0.5) is 14.9 Å². The summed E-state index contributed by atoms with van der Waals surface area (Å²) < 4.78 is 20.8. The molecule has 198 valence electrons. The summed E-state index contributed by atoms with van der Waals surface area (Å²) in [6.07, 6.45) is 6.13. The van der Waals surface area contributed by atoms with Crippen LogP contribution >= 0.6 is 0 Å². The van der Waals surface area contributed by atoms with E-state index < -0.39 is 17.5 Å². The molecule has 0 bridgehead atoms. The largest absolute Gasteiger partial charge is 0.444 e. The standard InChI is InChI=1S/C28H31FN6O3/c1-28(2,3)38-27(37)34-18-6-5-9-35(15-18)23-7-8-31-24-20(23)10-16(12-22(24)29)21-14-33-25-19(21)11-17(13-32-25)26(36)30-4/h7-8,10-14,18H,5-6,9,15H2,1-4H3,(H,30,36)(H,32,33)(H,34,37)/t18-/m0/s1. The van der Waals surface area contributed by atoms with Gasteiger partial charge in [0, 0.05) is 66.8 Å². The van der Waals surface area contributed by atoms with Crippen molar-refractivity contribution < 1.29 is 18.7 Å². The van der Waals surface area contributed by atoms with Crippen molar-refractivity contribution in [1.82, 2.24) is 25.6 Å². The van der Waals surface area contributed by atoms with E-state index >= 15 is 4.39 Å². The predicted octanol–water partition coefficient (Wildman–Crippen LogP) is 4.77. The van der Waals surface area contributed by atoms with Gasteiger partial charge >= 0.3 is 6.09 Å². The minimum atomic E-state index is -0.577. The van der Waals surface area contributed by atoms with E-state index in [9.17, 15) is 9.59 Å². The fraction of sp³-hybridized carbons (Fsp3) is 0.357. The number of carbonyl (C=O) groups is 2. The van der Waals surface area contributed by atoms with E-state index in [4.69, 9.17) is 4.74 Å². The molecule has 1 aliphatic heterocycles. The molecular weight excluding hydrogens is 487 g/mol. The lowest BCUT2D eigenvalue weighted by molar-refractivity contribution is 0.0500. The highest BCUT2D eigenvalue weighted by Gasteiger charge is 2.26. The van der Waals surface area contributed by atoms with E-state index in [1.807, 2.05) is 32.9 Å². The number of nitrogens with zero attached hydrogens (tertiary/aromatic N) is 3. The van der Waals surface area contributed by atoms with Crippen LogP contribution in [0, 0.1) is 5.82 Å². The molecular formula is C28H31FN6O3. The Labute approximate surface area is 219 Å². The van der Waals surface area contributed by atoms with Crippen LogP contribution in [-0.2, 0) is 4.74 Å². The topological polar surface area (TPSA) is 112 Å². The van der Waals surface area contributed by atoms with Crippen LogP contribution in [0.3, 0.4) is 0 Å². The summed E-state index contributed by atoms with van der Waals surface area (Å²) in [7, 11) is 1.56. The third-order valence-electron chi connectivity index (χ3n) is 6.59. The van der Waals surface area contributed by atoms with Crippen molar-refractivity contribution in [2.24, 2.45) is 0 Å². The zero-order chi connectivity index (χ0) is 27.0. The monoisotopic (exact) mass is 518 g/mol. The first-order chi connectivity index (χ1) is 18.1. The quantitative estimate of drug-likeness (QED) is 0.359. The van der Waals surface area contributed by atoms with Crippen LogP contribution in [0.5, 0.6) is 0 Å². The highest BCUT2D eigenvalue weighted by atomic mass is 19.1. The second-order valence-electron chi connectivity index (χ2n) is 10.5. The molecule has 1 aliphatic rings. The lowest BCUT2D eigenvalue weighted by Crippen LogP contribution is -2.49. The van der Waals surface area contributed by atoms with Crippen molar-refractivity contribution in [3.05, 3.63) is 54.2 Å². The van der Waals surface area contributed by atoms with E-state index in [0.29, 0.717) is 28.7 Å². The van der Waals surface area contributed by atoms with Crippen LogP contribution in [0.2, 0.25) is 0 Å². The zero-order valence-electron chi connectivity index (χ0n) is 21.9. The first-order valence-electron chi connectivity index (χ1n) is 12.7. The maximum Gasteiger partial charge on any atom is 0.407 e. The smallest absolute Gasteiger partial charge is 0.407 e. The minimum absolute atomic E-state index is 0.0994. The van der Waals surface area contributed by atoms with Crippen molar-refractivity contribution in [3.63, 3.8) is 0 Å². The van der Waals surface area contributed by atoms with Crippen molar-refractivity contribution >= 4 is 39.6 Å². The Bertz CT molecular complexity index is 1530. The SMILES string of the molecule is CNC(=O)c1cnc2[nH]cc(-c3cc(F)c4nccc(N5CCC[C@H](NC(=O)OC(C)(C)C)C5)c4c3)c2c1. The second kappa shape index (κ2) is 9.92. The van der Waals surface area contributed by atoms with Gasteiger partial charge in [-0.1, -0.05) is 0 Å². The number of nitrogens with one attached hydrogen (secondary N) is 3. The number of hydrogen-bond acceptors (Lipinski definition) is 6. The van der Waals surface area contributed by atoms with Gasteiger partial charge in [-0.05, 0) is 63.4 Å². The first-order valence-corrected chi connectivity index (χ1v) is 12.7. The number of pyridine rings is 2. The normalized spacial score (nSPS) is 16.0. The number of halogens is 1. The van der Waals surface area contributed by atoms with Crippen LogP contribution in [0.25, 0.3) is 33.1 Å². The highest BCUT2D eigenvalue weighted by Crippen LogP contribution is 2.35. The molecule has 10 heteroatoms. The number of hydrogen-bond donors (Lipinski definition) is 3. The number of aromatic nitrogens is 3. The van der Waals surface area contributed by atoms with Gasteiger partial charge in [0.1, 0.15) is 22.6 Å². The summed E-state index contributed by atoms with van der Waals surface area (Å²) in [5, 5.41) is 6.96. The summed E-state index contributed by atoms with van der Waals surface area (Å²) >= 11 is 0. The average Bonchev–Trinajstić information content (AvgIpc) is 3.30. The molecule has 4 heterocycles. The number of ether oxygens (including phenoxy) is 1. The van der Waals surface area contributed by atoms with Gasteiger partial charge in [-0.15, -0.1) is 0 Å². The van der Waals surface area contributed by atoms with Gasteiger partial charge in [0.2, 0.25) is 0 Å². The zero-order valence-corrected chi connectivity index (χ0v) is 21.9. The van der Waals surface area contributed by atoms with Gasteiger partial charge in [0.05, 0.1) is 5.56 Å². The van der Waals surface area contributed by atoms with Crippen LogP contribution in [-0.4, -0.2) is 58.7 Å². The van der Waals surface area contributed by atoms with Crippen LogP contribution < -0.4 is 15.5 Å². The lowest BCUT2D eigenvalue weighted by atomic mass is 10.00. The number of piperidine rings is 1. The molecule has 0 radical (unpaired) electrons. The Morgan fingerprint density at radius 1 is 1.18 bits per heavy atom. The molecule has 0 spiro atoms. The molecule has 9 nitrogen and oxygen atoms in total. The average molecular weight is 519 g/mol. The number of amides is 2. The van der Waals surface area contributed by atoms with E-state index in [2.05, 4.69) is 30.5 Å². The number of rotatable bonds is 4. The molecule has 2 amide bonds. The molecule has 1 aromatic carbocycles. The Morgan fingerprint density at radius 3 is 2.76 bits per heavy atom. The van der Waals surface area contributed by atoms with E-state index in [1.165, 1.54) is 12.3 Å².